The molecule has 2 aliphatic rings. The summed E-state index contributed by atoms with van der Waals surface area (Å²) in [7, 11) is 1.66. The maximum atomic E-state index is 13.5. The Hall–Kier alpha value is -3.26. The van der Waals surface area contributed by atoms with Gasteiger partial charge in [-0.2, -0.15) is 0 Å². The lowest BCUT2D eigenvalue weighted by molar-refractivity contribution is -0.145. The number of amides is 2. The molecule has 0 spiro atoms. The Morgan fingerprint density at radius 1 is 1.05 bits per heavy atom. The fourth-order valence-electron chi connectivity index (χ4n) is 5.52. The van der Waals surface area contributed by atoms with Crippen molar-refractivity contribution in [3.63, 3.8) is 0 Å². The minimum atomic E-state index is -0.588. The van der Waals surface area contributed by atoms with E-state index in [1.165, 1.54) is 0 Å². The molecule has 8 heteroatoms. The molecule has 0 bridgehead atoms. The number of hydrogen-bond acceptors (Lipinski definition) is 6. The van der Waals surface area contributed by atoms with Crippen molar-refractivity contribution in [2.45, 2.75) is 77.7 Å². The molecule has 1 saturated carbocycles. The number of carbonyl (C=O) groups is 2. The predicted molar refractivity (Wildman–Crippen MR) is 154 cm³/mol. The summed E-state index contributed by atoms with van der Waals surface area (Å²) in [6.07, 6.45) is 2.54. The van der Waals surface area contributed by atoms with Crippen molar-refractivity contribution in [2.24, 2.45) is 5.92 Å². The van der Waals surface area contributed by atoms with Crippen LogP contribution in [0.3, 0.4) is 0 Å². The molecule has 2 amide bonds. The van der Waals surface area contributed by atoms with E-state index in [0.29, 0.717) is 32.8 Å². The van der Waals surface area contributed by atoms with Crippen LogP contribution in [0.2, 0.25) is 0 Å². The predicted octanol–water partition coefficient (Wildman–Crippen LogP) is 5.61. The Bertz CT molecular complexity index is 1120. The topological polar surface area (TPSA) is 77.5 Å². The van der Waals surface area contributed by atoms with Gasteiger partial charge in [0.05, 0.1) is 20.3 Å². The third-order valence-electron chi connectivity index (χ3n) is 7.56. The molecule has 2 aromatic carbocycles. The zero-order chi connectivity index (χ0) is 28.7. The van der Waals surface area contributed by atoms with Crippen LogP contribution in [0.4, 0.5) is 4.79 Å². The number of carbonyl (C=O) groups excluding carboxylic acids is 2. The van der Waals surface area contributed by atoms with Crippen molar-refractivity contribution >= 4 is 12.0 Å². The molecule has 218 valence electrons. The van der Waals surface area contributed by atoms with Crippen molar-refractivity contribution in [1.82, 2.24) is 9.80 Å². The summed E-state index contributed by atoms with van der Waals surface area (Å²) in [6, 6.07) is 15.7. The Labute approximate surface area is 238 Å². The fourth-order valence-corrected chi connectivity index (χ4v) is 5.52. The van der Waals surface area contributed by atoms with Crippen LogP contribution in [0, 0.1) is 12.8 Å². The Kier molecular flexibility index (Phi) is 9.95. The second-order valence-electron chi connectivity index (χ2n) is 11.8. The number of methoxy groups -OCH3 is 1. The standard InChI is InChI=1S/C32H44N2O6/c1-23-19-24(11-16-29(23)37-5)20-34(31(36)40-32(2,3)4)26-14-12-25(13-15-26)30(35)33-17-18-38-28(21-33)22-39-27-9-7-6-8-10-27/h6-11,16,19,25-26,28H,12-15,17-18,20-22H2,1-5H3/t25?,26?,28-/m0/s1. The number of benzene rings is 2. The van der Waals surface area contributed by atoms with Crippen LogP contribution < -0.4 is 9.47 Å². The lowest BCUT2D eigenvalue weighted by atomic mass is 9.84. The molecule has 4 rings (SSSR count). The van der Waals surface area contributed by atoms with Crippen molar-refractivity contribution < 1.29 is 28.5 Å². The summed E-state index contributed by atoms with van der Waals surface area (Å²) in [4.78, 5) is 30.6. The van der Waals surface area contributed by atoms with E-state index in [-0.39, 0.29) is 30.1 Å². The Morgan fingerprint density at radius 3 is 2.42 bits per heavy atom. The molecule has 0 radical (unpaired) electrons. The fraction of sp³-hybridized carbons (Fsp3) is 0.562. The first-order valence-corrected chi connectivity index (χ1v) is 14.3. The minimum absolute atomic E-state index is 0.0121. The van der Waals surface area contributed by atoms with Gasteiger partial charge in [-0.3, -0.25) is 4.79 Å². The SMILES string of the molecule is COc1ccc(CN(C(=O)OC(C)(C)C)C2CCC(C(=O)N3CCO[C@H](COc4ccccc4)C3)CC2)cc1C. The van der Waals surface area contributed by atoms with Gasteiger partial charge in [0.25, 0.3) is 0 Å². The van der Waals surface area contributed by atoms with E-state index in [1.54, 1.807) is 7.11 Å². The highest BCUT2D eigenvalue weighted by atomic mass is 16.6. The minimum Gasteiger partial charge on any atom is -0.496 e. The molecule has 2 aromatic rings. The largest absolute Gasteiger partial charge is 0.496 e. The molecule has 1 aliphatic heterocycles. The van der Waals surface area contributed by atoms with E-state index < -0.39 is 5.60 Å². The molecule has 1 saturated heterocycles. The van der Waals surface area contributed by atoms with E-state index in [1.807, 2.05) is 80.0 Å². The van der Waals surface area contributed by atoms with E-state index in [2.05, 4.69) is 6.07 Å². The molecule has 1 aliphatic carbocycles. The van der Waals surface area contributed by atoms with Gasteiger partial charge in [-0.05, 0) is 82.7 Å². The van der Waals surface area contributed by atoms with Crippen LogP contribution in [0.5, 0.6) is 11.5 Å². The number of aryl methyl sites for hydroxylation is 1. The van der Waals surface area contributed by atoms with Crippen LogP contribution in [0.15, 0.2) is 48.5 Å². The monoisotopic (exact) mass is 552 g/mol. The summed E-state index contributed by atoms with van der Waals surface area (Å²) in [5.41, 5.74) is 1.46. The first-order chi connectivity index (χ1) is 19.1. The molecule has 8 nitrogen and oxygen atoms in total. The quantitative estimate of drug-likeness (QED) is 0.424. The molecule has 0 N–H and O–H groups in total. The molecule has 0 aromatic heterocycles. The van der Waals surface area contributed by atoms with Gasteiger partial charge in [-0.15, -0.1) is 0 Å². The van der Waals surface area contributed by atoms with Gasteiger partial charge < -0.3 is 28.7 Å². The van der Waals surface area contributed by atoms with E-state index in [9.17, 15) is 9.59 Å². The molecule has 40 heavy (non-hydrogen) atoms. The van der Waals surface area contributed by atoms with Gasteiger partial charge in [-0.25, -0.2) is 4.79 Å². The van der Waals surface area contributed by atoms with E-state index >= 15 is 0 Å². The number of rotatable bonds is 8. The second kappa shape index (κ2) is 13.4. The summed E-state index contributed by atoms with van der Waals surface area (Å²) in [5.74, 6) is 1.76. The number of nitrogens with zero attached hydrogens (tertiary/aromatic N) is 2. The van der Waals surface area contributed by atoms with Gasteiger partial charge in [0.2, 0.25) is 5.91 Å². The van der Waals surface area contributed by atoms with Gasteiger partial charge in [0.15, 0.2) is 0 Å². The number of morpholine rings is 1. The second-order valence-corrected chi connectivity index (χ2v) is 11.8. The number of para-hydroxylation sites is 1. The van der Waals surface area contributed by atoms with Gasteiger partial charge in [-0.1, -0.05) is 30.3 Å². The summed E-state index contributed by atoms with van der Waals surface area (Å²) in [6.45, 7) is 10.2. The Balaban J connectivity index is 1.35. The van der Waals surface area contributed by atoms with E-state index in [4.69, 9.17) is 18.9 Å². The van der Waals surface area contributed by atoms with Crippen molar-refractivity contribution in [3.05, 3.63) is 59.7 Å². The van der Waals surface area contributed by atoms with Crippen molar-refractivity contribution in [1.29, 1.82) is 0 Å². The number of hydrogen-bond donors (Lipinski definition) is 0. The highest BCUT2D eigenvalue weighted by Crippen LogP contribution is 2.32. The highest BCUT2D eigenvalue weighted by Gasteiger charge is 2.36. The molecular weight excluding hydrogens is 508 g/mol. The molecular formula is C32H44N2O6. The summed E-state index contributed by atoms with van der Waals surface area (Å²) >= 11 is 0. The van der Waals surface area contributed by atoms with Gasteiger partial charge in [0.1, 0.15) is 29.8 Å². The zero-order valence-corrected chi connectivity index (χ0v) is 24.6. The lowest BCUT2D eigenvalue weighted by Crippen LogP contribution is -2.51. The van der Waals surface area contributed by atoms with Crippen molar-refractivity contribution in [3.8, 4) is 11.5 Å². The van der Waals surface area contributed by atoms with Crippen LogP contribution in [-0.4, -0.2) is 73.0 Å². The highest BCUT2D eigenvalue weighted by molar-refractivity contribution is 5.79. The van der Waals surface area contributed by atoms with Crippen molar-refractivity contribution in [2.75, 3.05) is 33.4 Å². The number of ether oxygens (including phenoxy) is 4. The van der Waals surface area contributed by atoms with Crippen LogP contribution >= 0.6 is 0 Å². The molecule has 2 fully saturated rings. The summed E-state index contributed by atoms with van der Waals surface area (Å²) in [5, 5.41) is 0. The third-order valence-corrected chi connectivity index (χ3v) is 7.56. The average molecular weight is 553 g/mol. The Morgan fingerprint density at radius 2 is 1.77 bits per heavy atom. The van der Waals surface area contributed by atoms with E-state index in [0.717, 1.165) is 48.3 Å². The normalized spacial score (nSPS) is 21.4. The zero-order valence-electron chi connectivity index (χ0n) is 24.6. The lowest BCUT2D eigenvalue weighted by Gasteiger charge is -2.39. The van der Waals surface area contributed by atoms with Crippen LogP contribution in [0.1, 0.15) is 57.6 Å². The third kappa shape index (κ3) is 8.13. The van der Waals surface area contributed by atoms with Crippen LogP contribution in [-0.2, 0) is 20.8 Å². The maximum absolute atomic E-state index is 13.5. The van der Waals surface area contributed by atoms with Gasteiger partial charge >= 0.3 is 6.09 Å². The molecule has 1 atom stereocenters. The van der Waals surface area contributed by atoms with Crippen LogP contribution in [0.25, 0.3) is 0 Å². The summed E-state index contributed by atoms with van der Waals surface area (Å²) < 4.78 is 22.9. The first-order valence-electron chi connectivity index (χ1n) is 14.3. The molecule has 1 heterocycles. The molecule has 0 unspecified atom stereocenters. The maximum Gasteiger partial charge on any atom is 0.410 e. The first kappa shape index (κ1) is 29.7. The smallest absolute Gasteiger partial charge is 0.410 e. The average Bonchev–Trinajstić information content (AvgIpc) is 2.94. The van der Waals surface area contributed by atoms with Gasteiger partial charge in [0, 0.05) is 25.0 Å².